The van der Waals surface area contributed by atoms with Crippen LogP contribution in [-0.4, -0.2) is 43.4 Å². The van der Waals surface area contributed by atoms with Crippen LogP contribution in [0.1, 0.15) is 29.3 Å². The van der Waals surface area contributed by atoms with Crippen molar-refractivity contribution in [3.05, 3.63) is 53.6 Å². The molecule has 2 aromatic rings. The molecule has 1 saturated heterocycles. The standard InChI is InChI=1S/C23H25N3O6/c1-13-4-9-19(31-3)18(10-13)26-12-16(11-20(26)27)23(30)32-14(2)22(29)25-17-7-5-15(6-8-17)21(24)28/h4-10,14,16H,11-12H2,1-3H3,(H2,24,28)(H,25,29)/t14-,16-/m0/s1. The number of esters is 1. The highest BCUT2D eigenvalue weighted by molar-refractivity contribution is 6.01. The average Bonchev–Trinajstić information content (AvgIpc) is 3.15. The summed E-state index contributed by atoms with van der Waals surface area (Å²) in [7, 11) is 1.52. The maximum Gasteiger partial charge on any atom is 0.312 e. The molecule has 168 valence electrons. The smallest absolute Gasteiger partial charge is 0.312 e. The molecule has 0 radical (unpaired) electrons. The molecule has 0 saturated carbocycles. The van der Waals surface area contributed by atoms with E-state index in [1.54, 1.807) is 6.07 Å². The molecule has 1 aliphatic rings. The van der Waals surface area contributed by atoms with E-state index in [4.69, 9.17) is 15.2 Å². The van der Waals surface area contributed by atoms with Gasteiger partial charge < -0.3 is 25.4 Å². The van der Waals surface area contributed by atoms with E-state index < -0.39 is 29.8 Å². The van der Waals surface area contributed by atoms with Crippen LogP contribution in [-0.2, 0) is 19.1 Å². The fourth-order valence-corrected chi connectivity index (χ4v) is 3.39. The third kappa shape index (κ3) is 5.05. The molecular weight excluding hydrogens is 414 g/mol. The second-order valence-corrected chi connectivity index (χ2v) is 7.59. The quantitative estimate of drug-likeness (QED) is 0.636. The Bertz CT molecular complexity index is 1050. The topological polar surface area (TPSA) is 128 Å². The van der Waals surface area contributed by atoms with E-state index in [2.05, 4.69) is 5.32 Å². The SMILES string of the molecule is COc1ccc(C)cc1N1C[C@@H](C(=O)O[C@@H](C)C(=O)Nc2ccc(C(N)=O)cc2)CC1=O. The van der Waals surface area contributed by atoms with Gasteiger partial charge >= 0.3 is 5.97 Å². The van der Waals surface area contributed by atoms with Crippen molar-refractivity contribution in [2.45, 2.75) is 26.4 Å². The van der Waals surface area contributed by atoms with Gasteiger partial charge in [0.05, 0.1) is 18.7 Å². The lowest BCUT2D eigenvalue weighted by molar-refractivity contribution is -0.157. The van der Waals surface area contributed by atoms with Gasteiger partial charge in [-0.3, -0.25) is 19.2 Å². The van der Waals surface area contributed by atoms with Crippen LogP contribution in [0.4, 0.5) is 11.4 Å². The number of rotatable bonds is 7. The second-order valence-electron chi connectivity index (χ2n) is 7.59. The molecular formula is C23H25N3O6. The summed E-state index contributed by atoms with van der Waals surface area (Å²) in [6.07, 6.45) is -1.09. The molecule has 2 atom stereocenters. The van der Waals surface area contributed by atoms with Crippen LogP contribution in [0.5, 0.6) is 5.75 Å². The maximum absolute atomic E-state index is 12.6. The Balaban J connectivity index is 1.61. The number of aryl methyl sites for hydroxylation is 1. The molecule has 3 N–H and O–H groups in total. The fourth-order valence-electron chi connectivity index (χ4n) is 3.39. The van der Waals surface area contributed by atoms with Crippen LogP contribution in [0, 0.1) is 12.8 Å². The van der Waals surface area contributed by atoms with Gasteiger partial charge in [0.25, 0.3) is 5.91 Å². The summed E-state index contributed by atoms with van der Waals surface area (Å²) < 4.78 is 10.6. The Hall–Kier alpha value is -3.88. The first-order chi connectivity index (χ1) is 15.2. The van der Waals surface area contributed by atoms with Crippen molar-refractivity contribution in [1.29, 1.82) is 0 Å². The largest absolute Gasteiger partial charge is 0.495 e. The minimum atomic E-state index is -1.07. The molecule has 0 unspecified atom stereocenters. The Morgan fingerprint density at radius 2 is 1.84 bits per heavy atom. The Labute approximate surface area is 185 Å². The third-order valence-electron chi connectivity index (χ3n) is 5.18. The van der Waals surface area contributed by atoms with Crippen LogP contribution in [0.3, 0.4) is 0 Å². The van der Waals surface area contributed by atoms with Gasteiger partial charge in [0.2, 0.25) is 11.8 Å². The Morgan fingerprint density at radius 3 is 2.47 bits per heavy atom. The van der Waals surface area contributed by atoms with E-state index >= 15 is 0 Å². The zero-order chi connectivity index (χ0) is 23.4. The van der Waals surface area contributed by atoms with Gasteiger partial charge in [-0.2, -0.15) is 0 Å². The van der Waals surface area contributed by atoms with Crippen LogP contribution in [0.2, 0.25) is 0 Å². The minimum absolute atomic E-state index is 0.0150. The van der Waals surface area contributed by atoms with Crippen molar-refractivity contribution in [3.8, 4) is 5.75 Å². The number of hydrogen-bond donors (Lipinski definition) is 2. The predicted molar refractivity (Wildman–Crippen MR) is 117 cm³/mol. The predicted octanol–water partition coefficient (Wildman–Crippen LogP) is 2.03. The number of amides is 3. The molecule has 3 amide bonds. The number of anilines is 2. The maximum atomic E-state index is 12.6. The number of nitrogens with two attached hydrogens (primary N) is 1. The number of nitrogens with one attached hydrogen (secondary N) is 1. The lowest BCUT2D eigenvalue weighted by Crippen LogP contribution is -2.33. The van der Waals surface area contributed by atoms with Crippen LogP contribution >= 0.6 is 0 Å². The average molecular weight is 439 g/mol. The normalized spacial score (nSPS) is 16.4. The summed E-state index contributed by atoms with van der Waals surface area (Å²) in [5.41, 5.74) is 7.47. The molecule has 32 heavy (non-hydrogen) atoms. The lowest BCUT2D eigenvalue weighted by atomic mass is 10.1. The van der Waals surface area contributed by atoms with E-state index in [9.17, 15) is 19.2 Å². The van der Waals surface area contributed by atoms with Crippen LogP contribution < -0.4 is 20.7 Å². The van der Waals surface area contributed by atoms with Crippen molar-refractivity contribution in [3.63, 3.8) is 0 Å². The van der Waals surface area contributed by atoms with Crippen molar-refractivity contribution >= 4 is 35.1 Å². The van der Waals surface area contributed by atoms with Gasteiger partial charge in [-0.25, -0.2) is 0 Å². The number of methoxy groups -OCH3 is 1. The van der Waals surface area contributed by atoms with Crippen LogP contribution in [0.25, 0.3) is 0 Å². The van der Waals surface area contributed by atoms with Crippen molar-refractivity contribution in [2.24, 2.45) is 11.7 Å². The molecule has 1 heterocycles. The Kier molecular flexibility index (Phi) is 6.77. The minimum Gasteiger partial charge on any atom is -0.495 e. The van der Waals surface area contributed by atoms with E-state index in [0.717, 1.165) is 5.56 Å². The highest BCUT2D eigenvalue weighted by Gasteiger charge is 2.38. The van der Waals surface area contributed by atoms with E-state index in [1.807, 2.05) is 19.1 Å². The van der Waals surface area contributed by atoms with Crippen molar-refractivity contribution in [2.75, 3.05) is 23.9 Å². The molecule has 9 heteroatoms. The fraction of sp³-hybridized carbons (Fsp3) is 0.304. The summed E-state index contributed by atoms with van der Waals surface area (Å²) in [6.45, 7) is 3.49. The van der Waals surface area contributed by atoms with Gasteiger partial charge in [-0.15, -0.1) is 0 Å². The van der Waals surface area contributed by atoms with E-state index in [0.29, 0.717) is 22.7 Å². The van der Waals surface area contributed by atoms with Gasteiger partial charge in [-0.05, 0) is 55.8 Å². The molecule has 1 aliphatic heterocycles. The molecule has 3 rings (SSSR count). The number of nitrogens with zero attached hydrogens (tertiary/aromatic N) is 1. The first-order valence-electron chi connectivity index (χ1n) is 10.1. The first kappa shape index (κ1) is 22.8. The third-order valence-corrected chi connectivity index (χ3v) is 5.18. The lowest BCUT2D eigenvalue weighted by Gasteiger charge is -2.20. The number of ether oxygens (including phenoxy) is 2. The summed E-state index contributed by atoms with van der Waals surface area (Å²) >= 11 is 0. The molecule has 1 fully saturated rings. The summed E-state index contributed by atoms with van der Waals surface area (Å²) in [4.78, 5) is 50.2. The zero-order valence-corrected chi connectivity index (χ0v) is 18.1. The molecule has 2 aromatic carbocycles. The molecule has 0 spiro atoms. The number of primary amides is 1. The van der Waals surface area contributed by atoms with Gasteiger partial charge in [0.1, 0.15) is 5.75 Å². The van der Waals surface area contributed by atoms with Gasteiger partial charge in [0.15, 0.2) is 6.10 Å². The van der Waals surface area contributed by atoms with E-state index in [-0.39, 0.29) is 18.9 Å². The zero-order valence-electron chi connectivity index (χ0n) is 18.1. The molecule has 9 nitrogen and oxygen atoms in total. The second kappa shape index (κ2) is 9.51. The number of carbonyl (C=O) groups is 4. The van der Waals surface area contributed by atoms with Gasteiger partial charge in [-0.1, -0.05) is 6.07 Å². The highest BCUT2D eigenvalue weighted by atomic mass is 16.5. The van der Waals surface area contributed by atoms with Gasteiger partial charge in [0, 0.05) is 24.2 Å². The molecule has 0 aliphatic carbocycles. The molecule has 0 bridgehead atoms. The van der Waals surface area contributed by atoms with Crippen molar-refractivity contribution in [1.82, 2.24) is 0 Å². The number of benzene rings is 2. The van der Waals surface area contributed by atoms with Crippen LogP contribution in [0.15, 0.2) is 42.5 Å². The summed E-state index contributed by atoms with van der Waals surface area (Å²) in [5.74, 6) is -2.12. The highest BCUT2D eigenvalue weighted by Crippen LogP contribution is 2.34. The monoisotopic (exact) mass is 439 g/mol. The van der Waals surface area contributed by atoms with Crippen molar-refractivity contribution < 1.29 is 28.7 Å². The summed E-state index contributed by atoms with van der Waals surface area (Å²) in [5, 5.41) is 2.61. The number of hydrogen-bond acceptors (Lipinski definition) is 6. The number of carbonyl (C=O) groups excluding carboxylic acids is 4. The summed E-state index contributed by atoms with van der Waals surface area (Å²) in [6, 6.07) is 11.5. The first-order valence-corrected chi connectivity index (χ1v) is 10.1. The molecule has 0 aromatic heterocycles. The Morgan fingerprint density at radius 1 is 1.16 bits per heavy atom. The van der Waals surface area contributed by atoms with E-state index in [1.165, 1.54) is 43.2 Å².